The number of amides is 1. The fourth-order valence-corrected chi connectivity index (χ4v) is 5.08. The quantitative estimate of drug-likeness (QED) is 0.847. The molecule has 26 heavy (non-hydrogen) atoms. The van der Waals surface area contributed by atoms with Crippen LogP contribution < -0.4 is 10.2 Å². The van der Waals surface area contributed by atoms with Crippen LogP contribution in [0.15, 0.2) is 54.6 Å². The summed E-state index contributed by atoms with van der Waals surface area (Å²) in [5.41, 5.74) is 2.83. The van der Waals surface area contributed by atoms with Crippen molar-refractivity contribution >= 4 is 27.1 Å². The lowest BCUT2D eigenvalue weighted by Crippen LogP contribution is -2.44. The summed E-state index contributed by atoms with van der Waals surface area (Å²) in [5, 5.41) is 3.22. The summed E-state index contributed by atoms with van der Waals surface area (Å²) in [6, 6.07) is 16.9. The van der Waals surface area contributed by atoms with Gasteiger partial charge in [-0.1, -0.05) is 43.3 Å². The molecule has 1 amide bonds. The van der Waals surface area contributed by atoms with Crippen molar-refractivity contribution in [2.75, 3.05) is 28.3 Å². The number of nitrogens with one attached hydrogen (secondary N) is 1. The molecule has 0 radical (unpaired) electrons. The number of aryl methyl sites for hydroxylation is 1. The Kier molecular flexibility index (Phi) is 5.61. The van der Waals surface area contributed by atoms with Gasteiger partial charge in [0.05, 0.1) is 24.1 Å². The van der Waals surface area contributed by atoms with Crippen molar-refractivity contribution in [3.63, 3.8) is 0 Å². The first-order valence-corrected chi connectivity index (χ1v) is 10.7. The normalized spacial score (nSPS) is 18.4. The standard InChI is InChI=1S/C20H24N2O3S/c1-2-16-8-6-7-11-19(16)21-14-20(23)22(17-9-4-3-5-10-17)18-12-13-26(24,25)15-18/h3-11,18,21H,2,12-15H2,1H3. The zero-order chi connectivity index (χ0) is 18.6. The maximum absolute atomic E-state index is 13.0. The largest absolute Gasteiger partial charge is 0.376 e. The maximum atomic E-state index is 13.0. The number of hydrogen-bond acceptors (Lipinski definition) is 4. The lowest BCUT2D eigenvalue weighted by atomic mass is 10.1. The summed E-state index contributed by atoms with van der Waals surface area (Å²) in [6.45, 7) is 2.20. The minimum Gasteiger partial charge on any atom is -0.376 e. The minimum atomic E-state index is -3.07. The van der Waals surface area contributed by atoms with Gasteiger partial charge in [-0.05, 0) is 36.6 Å². The minimum absolute atomic E-state index is 0.0270. The van der Waals surface area contributed by atoms with Gasteiger partial charge in [0.1, 0.15) is 0 Å². The van der Waals surface area contributed by atoms with Crippen molar-refractivity contribution < 1.29 is 13.2 Å². The van der Waals surface area contributed by atoms with Crippen molar-refractivity contribution in [2.45, 2.75) is 25.8 Å². The van der Waals surface area contributed by atoms with E-state index in [4.69, 9.17) is 0 Å². The number of sulfone groups is 1. The summed E-state index contributed by atoms with van der Waals surface area (Å²) in [7, 11) is -3.07. The third-order valence-electron chi connectivity index (χ3n) is 4.70. The molecule has 0 aromatic heterocycles. The van der Waals surface area contributed by atoms with Crippen LogP contribution in [0.2, 0.25) is 0 Å². The molecule has 0 saturated carbocycles. The molecule has 1 heterocycles. The van der Waals surface area contributed by atoms with Crippen molar-refractivity contribution in [2.24, 2.45) is 0 Å². The zero-order valence-electron chi connectivity index (χ0n) is 14.9. The number of benzene rings is 2. The molecule has 1 unspecified atom stereocenters. The number of carbonyl (C=O) groups is 1. The van der Waals surface area contributed by atoms with Crippen molar-refractivity contribution in [1.82, 2.24) is 0 Å². The average molecular weight is 372 g/mol. The van der Waals surface area contributed by atoms with E-state index in [0.717, 1.165) is 23.4 Å². The van der Waals surface area contributed by atoms with Gasteiger partial charge in [-0.3, -0.25) is 4.79 Å². The highest BCUT2D eigenvalue weighted by Crippen LogP contribution is 2.25. The van der Waals surface area contributed by atoms with Crippen LogP contribution in [0.1, 0.15) is 18.9 Å². The van der Waals surface area contributed by atoms with E-state index < -0.39 is 9.84 Å². The Labute approximate surface area is 154 Å². The van der Waals surface area contributed by atoms with Crippen molar-refractivity contribution in [3.8, 4) is 0 Å². The molecule has 0 aliphatic carbocycles. The second-order valence-electron chi connectivity index (χ2n) is 6.52. The number of anilines is 2. The number of para-hydroxylation sites is 2. The van der Waals surface area contributed by atoms with Crippen LogP contribution in [0.4, 0.5) is 11.4 Å². The molecule has 0 bridgehead atoms. The van der Waals surface area contributed by atoms with E-state index in [1.165, 1.54) is 0 Å². The Morgan fingerprint density at radius 3 is 2.46 bits per heavy atom. The number of carbonyl (C=O) groups excluding carboxylic acids is 1. The van der Waals surface area contributed by atoms with Crippen LogP contribution in [0.5, 0.6) is 0 Å². The number of hydrogen-bond donors (Lipinski definition) is 1. The lowest BCUT2D eigenvalue weighted by Gasteiger charge is -2.29. The van der Waals surface area contributed by atoms with Gasteiger partial charge in [-0.15, -0.1) is 0 Å². The molecule has 1 aliphatic heterocycles. The fourth-order valence-electron chi connectivity index (χ4n) is 3.38. The molecule has 138 valence electrons. The summed E-state index contributed by atoms with van der Waals surface area (Å²) in [5.74, 6) is 0.0451. The average Bonchev–Trinajstić information content (AvgIpc) is 3.00. The van der Waals surface area contributed by atoms with E-state index in [0.29, 0.717) is 6.42 Å². The second kappa shape index (κ2) is 7.91. The zero-order valence-corrected chi connectivity index (χ0v) is 15.7. The summed E-state index contributed by atoms with van der Waals surface area (Å²) >= 11 is 0. The van der Waals surface area contributed by atoms with Gasteiger partial charge in [-0.25, -0.2) is 8.42 Å². The predicted octanol–water partition coefficient (Wildman–Crippen LogP) is 2.88. The fraction of sp³-hybridized carbons (Fsp3) is 0.350. The molecule has 2 aromatic carbocycles. The second-order valence-corrected chi connectivity index (χ2v) is 8.75. The topological polar surface area (TPSA) is 66.5 Å². The smallest absolute Gasteiger partial charge is 0.246 e. The van der Waals surface area contributed by atoms with Crippen LogP contribution >= 0.6 is 0 Å². The third-order valence-corrected chi connectivity index (χ3v) is 6.46. The SMILES string of the molecule is CCc1ccccc1NCC(=O)N(c1ccccc1)C1CCS(=O)(=O)C1. The van der Waals surface area contributed by atoms with Crippen molar-refractivity contribution in [3.05, 3.63) is 60.2 Å². The highest BCUT2D eigenvalue weighted by atomic mass is 32.2. The molecular formula is C20H24N2O3S. The highest BCUT2D eigenvalue weighted by molar-refractivity contribution is 7.91. The summed E-state index contributed by atoms with van der Waals surface area (Å²) in [6.07, 6.45) is 1.36. The van der Waals surface area contributed by atoms with Crippen LogP contribution in [-0.2, 0) is 21.1 Å². The Morgan fingerprint density at radius 2 is 1.81 bits per heavy atom. The number of nitrogens with zero attached hydrogens (tertiary/aromatic N) is 1. The Hall–Kier alpha value is -2.34. The maximum Gasteiger partial charge on any atom is 0.246 e. The van der Waals surface area contributed by atoms with Crippen LogP contribution in [0.3, 0.4) is 0 Å². The van der Waals surface area contributed by atoms with Gasteiger partial charge in [0.25, 0.3) is 0 Å². The van der Waals surface area contributed by atoms with Gasteiger partial charge in [0, 0.05) is 11.4 Å². The molecule has 1 aliphatic rings. The molecule has 2 aromatic rings. The van der Waals surface area contributed by atoms with E-state index in [2.05, 4.69) is 12.2 Å². The predicted molar refractivity (Wildman–Crippen MR) is 105 cm³/mol. The Balaban J connectivity index is 1.79. The van der Waals surface area contributed by atoms with Gasteiger partial charge in [0.15, 0.2) is 9.84 Å². The van der Waals surface area contributed by atoms with Gasteiger partial charge >= 0.3 is 0 Å². The van der Waals surface area contributed by atoms with Crippen molar-refractivity contribution in [1.29, 1.82) is 0 Å². The third kappa shape index (κ3) is 4.25. The molecule has 0 spiro atoms. The number of rotatable bonds is 6. The van der Waals surface area contributed by atoms with Crippen LogP contribution in [0, 0.1) is 0 Å². The van der Waals surface area contributed by atoms with Gasteiger partial charge in [0.2, 0.25) is 5.91 Å². The van der Waals surface area contributed by atoms with E-state index in [1.54, 1.807) is 4.90 Å². The first-order chi connectivity index (χ1) is 12.5. The molecule has 1 fully saturated rings. The molecule has 3 rings (SSSR count). The summed E-state index contributed by atoms with van der Waals surface area (Å²) in [4.78, 5) is 14.6. The van der Waals surface area contributed by atoms with E-state index in [-0.39, 0.29) is 30.0 Å². The molecule has 1 saturated heterocycles. The van der Waals surface area contributed by atoms with E-state index in [1.807, 2.05) is 54.6 Å². The monoisotopic (exact) mass is 372 g/mol. The molecule has 1 atom stereocenters. The first kappa shape index (κ1) is 18.5. The van der Waals surface area contributed by atoms with E-state index in [9.17, 15) is 13.2 Å². The Bertz CT molecular complexity index is 866. The molecule has 5 nitrogen and oxygen atoms in total. The van der Waals surface area contributed by atoms with Gasteiger partial charge < -0.3 is 10.2 Å². The molecule has 1 N–H and O–H groups in total. The Morgan fingerprint density at radius 1 is 1.12 bits per heavy atom. The van der Waals surface area contributed by atoms with Crippen LogP contribution in [-0.4, -0.2) is 38.4 Å². The van der Waals surface area contributed by atoms with Crippen LogP contribution in [0.25, 0.3) is 0 Å². The highest BCUT2D eigenvalue weighted by Gasteiger charge is 2.35. The lowest BCUT2D eigenvalue weighted by molar-refractivity contribution is -0.117. The first-order valence-electron chi connectivity index (χ1n) is 8.89. The van der Waals surface area contributed by atoms with Gasteiger partial charge in [-0.2, -0.15) is 0 Å². The van der Waals surface area contributed by atoms with E-state index >= 15 is 0 Å². The summed E-state index contributed by atoms with van der Waals surface area (Å²) < 4.78 is 23.8. The molecular weight excluding hydrogens is 348 g/mol. The molecule has 6 heteroatoms.